The molecule has 0 fully saturated rings. The molecule has 110 valence electrons. The van der Waals surface area contributed by atoms with Gasteiger partial charge in [0.2, 0.25) is 5.84 Å². The Balaban J connectivity index is 1.75. The molecule has 1 aliphatic heterocycles. The van der Waals surface area contributed by atoms with Gasteiger partial charge in [0, 0.05) is 18.1 Å². The Bertz CT molecular complexity index is 715. The normalized spacial score (nSPS) is 14.1. The number of pyridine rings is 1. The van der Waals surface area contributed by atoms with Gasteiger partial charge in [-0.1, -0.05) is 18.2 Å². The number of hydrogen-bond donors (Lipinski definition) is 2. The van der Waals surface area contributed by atoms with E-state index >= 15 is 0 Å². The Morgan fingerprint density at radius 2 is 1.86 bits per heavy atom. The maximum absolute atomic E-state index is 12.2. The number of hydrazine groups is 1. The lowest BCUT2D eigenvalue weighted by Gasteiger charge is -2.27. The van der Waals surface area contributed by atoms with Gasteiger partial charge in [-0.2, -0.15) is 0 Å². The second kappa shape index (κ2) is 6.04. The Morgan fingerprint density at radius 1 is 1.14 bits per heavy atom. The molecule has 0 atom stereocenters. The van der Waals surface area contributed by atoms with Crippen LogP contribution in [0.25, 0.3) is 0 Å². The topological polar surface area (TPSA) is 86.7 Å². The van der Waals surface area contributed by atoms with Crippen LogP contribution in [0.1, 0.15) is 0 Å². The summed E-state index contributed by atoms with van der Waals surface area (Å²) in [6.07, 6.45) is 3.15. The Labute approximate surface area is 126 Å². The van der Waals surface area contributed by atoms with Gasteiger partial charge in [-0.05, 0) is 24.3 Å². The third kappa shape index (κ3) is 2.93. The first kappa shape index (κ1) is 13.7. The molecule has 0 bridgehead atoms. The molecule has 1 aromatic carbocycles. The summed E-state index contributed by atoms with van der Waals surface area (Å²) in [5.41, 5.74) is 4.00. The highest BCUT2D eigenvalue weighted by molar-refractivity contribution is 6.43. The number of rotatable bonds is 3. The molecule has 2 amide bonds. The summed E-state index contributed by atoms with van der Waals surface area (Å²) in [6.45, 7) is -0.0823. The molecule has 7 nitrogen and oxygen atoms in total. The van der Waals surface area contributed by atoms with E-state index in [1.165, 1.54) is 5.01 Å². The highest BCUT2D eigenvalue weighted by Crippen LogP contribution is 2.13. The summed E-state index contributed by atoms with van der Waals surface area (Å²) in [5.74, 6) is -0.563. The number of amidine groups is 1. The minimum Gasteiger partial charge on any atom is -0.319 e. The largest absolute Gasteiger partial charge is 0.319 e. The van der Waals surface area contributed by atoms with Gasteiger partial charge < -0.3 is 5.32 Å². The van der Waals surface area contributed by atoms with Crippen molar-refractivity contribution in [1.29, 1.82) is 0 Å². The van der Waals surface area contributed by atoms with Crippen LogP contribution in [0.5, 0.6) is 0 Å². The average molecular weight is 295 g/mol. The van der Waals surface area contributed by atoms with E-state index in [0.29, 0.717) is 11.4 Å². The molecular formula is C15H13N5O2. The van der Waals surface area contributed by atoms with Gasteiger partial charge in [0.1, 0.15) is 6.54 Å². The highest BCUT2D eigenvalue weighted by atomic mass is 16.2. The maximum Gasteiger partial charge on any atom is 0.292 e. The van der Waals surface area contributed by atoms with Gasteiger partial charge in [0.25, 0.3) is 11.8 Å². The molecule has 7 heteroatoms. The van der Waals surface area contributed by atoms with Crippen molar-refractivity contribution < 1.29 is 9.59 Å². The van der Waals surface area contributed by atoms with Gasteiger partial charge in [-0.25, -0.2) is 5.01 Å². The van der Waals surface area contributed by atoms with Crippen LogP contribution in [0.3, 0.4) is 0 Å². The summed E-state index contributed by atoms with van der Waals surface area (Å²) >= 11 is 0. The molecule has 1 aliphatic rings. The number of para-hydroxylation sites is 1. The van der Waals surface area contributed by atoms with E-state index in [4.69, 9.17) is 0 Å². The zero-order valence-corrected chi connectivity index (χ0v) is 11.6. The molecule has 0 radical (unpaired) electrons. The summed E-state index contributed by atoms with van der Waals surface area (Å²) in [6, 6.07) is 12.4. The molecular weight excluding hydrogens is 282 g/mol. The van der Waals surface area contributed by atoms with Crippen LogP contribution < -0.4 is 15.8 Å². The summed E-state index contributed by atoms with van der Waals surface area (Å²) in [4.78, 5) is 32.0. The number of carbonyl (C=O) groups is 2. The first-order valence-electron chi connectivity index (χ1n) is 6.64. The maximum atomic E-state index is 12.2. The van der Waals surface area contributed by atoms with Crippen LogP contribution in [0.2, 0.25) is 0 Å². The van der Waals surface area contributed by atoms with E-state index in [1.807, 2.05) is 18.2 Å². The fourth-order valence-corrected chi connectivity index (χ4v) is 1.95. The number of aromatic nitrogens is 1. The predicted octanol–water partition coefficient (Wildman–Crippen LogP) is 0.970. The smallest absolute Gasteiger partial charge is 0.292 e. The minimum atomic E-state index is -0.417. The standard InChI is InChI=1S/C15H13N5O2/c21-13-10-17-14(15(22)18-11-6-8-16-9-7-11)19-20(13)12-4-2-1-3-5-12/h1-9H,10H2,(H,17,19)(H,16,18,22). The number of hydrogen-bond acceptors (Lipinski definition) is 5. The van der Waals surface area contributed by atoms with Gasteiger partial charge in [0.15, 0.2) is 0 Å². The lowest BCUT2D eigenvalue weighted by Crippen LogP contribution is -2.54. The third-order valence-corrected chi connectivity index (χ3v) is 3.01. The lowest BCUT2D eigenvalue weighted by molar-refractivity contribution is -0.118. The monoisotopic (exact) mass is 295 g/mol. The van der Waals surface area contributed by atoms with Crippen molar-refractivity contribution in [2.75, 3.05) is 16.9 Å². The van der Waals surface area contributed by atoms with Crippen LogP contribution in [-0.2, 0) is 9.59 Å². The zero-order valence-electron chi connectivity index (χ0n) is 11.6. The van der Waals surface area contributed by atoms with E-state index in [2.05, 4.69) is 20.7 Å². The second-order valence-corrected chi connectivity index (χ2v) is 4.53. The van der Waals surface area contributed by atoms with E-state index in [9.17, 15) is 9.59 Å². The number of carbonyl (C=O) groups excluding carboxylic acids is 2. The van der Waals surface area contributed by atoms with Crippen LogP contribution >= 0.6 is 0 Å². The van der Waals surface area contributed by atoms with Gasteiger partial charge >= 0.3 is 0 Å². The molecule has 1 aromatic heterocycles. The van der Waals surface area contributed by atoms with Crippen LogP contribution in [0, 0.1) is 0 Å². The quantitative estimate of drug-likeness (QED) is 0.883. The Kier molecular flexibility index (Phi) is 3.78. The van der Waals surface area contributed by atoms with Crippen molar-refractivity contribution in [1.82, 2.24) is 10.4 Å². The molecule has 0 aliphatic carbocycles. The van der Waals surface area contributed by atoms with Crippen molar-refractivity contribution in [2.24, 2.45) is 4.99 Å². The minimum absolute atomic E-state index is 0.0823. The molecule has 22 heavy (non-hydrogen) atoms. The zero-order chi connectivity index (χ0) is 15.4. The average Bonchev–Trinajstić information content (AvgIpc) is 2.57. The molecule has 0 spiro atoms. The number of aliphatic imine (C=N–C) groups is 1. The van der Waals surface area contributed by atoms with Crippen molar-refractivity contribution in [2.45, 2.75) is 0 Å². The summed E-state index contributed by atoms with van der Waals surface area (Å²) in [5, 5.41) is 4.00. The van der Waals surface area contributed by atoms with Crippen molar-refractivity contribution >= 4 is 29.0 Å². The number of anilines is 2. The van der Waals surface area contributed by atoms with Crippen LogP contribution in [0.15, 0.2) is 59.9 Å². The molecule has 2 aromatic rings. The Morgan fingerprint density at radius 3 is 2.59 bits per heavy atom. The fourth-order valence-electron chi connectivity index (χ4n) is 1.95. The molecule has 2 heterocycles. The first-order valence-corrected chi connectivity index (χ1v) is 6.64. The van der Waals surface area contributed by atoms with Crippen molar-refractivity contribution in [3.8, 4) is 0 Å². The number of nitrogens with zero attached hydrogens (tertiary/aromatic N) is 3. The van der Waals surface area contributed by atoms with Gasteiger partial charge in [-0.3, -0.25) is 25.0 Å². The van der Waals surface area contributed by atoms with Crippen LogP contribution in [0.4, 0.5) is 11.4 Å². The number of benzene rings is 1. The summed E-state index contributed by atoms with van der Waals surface area (Å²) in [7, 11) is 0. The summed E-state index contributed by atoms with van der Waals surface area (Å²) < 4.78 is 0. The highest BCUT2D eigenvalue weighted by Gasteiger charge is 2.25. The first-order chi connectivity index (χ1) is 10.7. The van der Waals surface area contributed by atoms with Crippen LogP contribution in [-0.4, -0.2) is 29.2 Å². The van der Waals surface area contributed by atoms with E-state index in [1.54, 1.807) is 36.7 Å². The molecule has 0 unspecified atom stereocenters. The van der Waals surface area contributed by atoms with E-state index in [0.717, 1.165) is 0 Å². The predicted molar refractivity (Wildman–Crippen MR) is 82.2 cm³/mol. The second-order valence-electron chi connectivity index (χ2n) is 4.53. The van der Waals surface area contributed by atoms with Gasteiger partial charge in [0.05, 0.1) is 5.69 Å². The molecule has 0 saturated heterocycles. The number of amides is 2. The SMILES string of the molecule is O=C(Nc1ccncc1)C1=NCC(=O)N(c2ccccc2)N1. The van der Waals surface area contributed by atoms with Crippen molar-refractivity contribution in [3.63, 3.8) is 0 Å². The molecule has 2 N–H and O–H groups in total. The Hall–Kier alpha value is -3.22. The lowest BCUT2D eigenvalue weighted by atomic mass is 10.3. The molecule has 3 rings (SSSR count). The number of nitrogens with one attached hydrogen (secondary N) is 2. The van der Waals surface area contributed by atoms with E-state index in [-0.39, 0.29) is 18.3 Å². The van der Waals surface area contributed by atoms with Crippen molar-refractivity contribution in [3.05, 3.63) is 54.9 Å². The molecule has 0 saturated carbocycles. The van der Waals surface area contributed by atoms with Gasteiger partial charge in [-0.15, -0.1) is 0 Å². The third-order valence-electron chi connectivity index (χ3n) is 3.01. The fraction of sp³-hybridized carbons (Fsp3) is 0.0667. The van der Waals surface area contributed by atoms with E-state index < -0.39 is 5.91 Å².